The molecule has 0 aliphatic rings. The summed E-state index contributed by atoms with van der Waals surface area (Å²) >= 11 is 0. The number of nitrogens with two attached hydrogens (primary N) is 1. The van der Waals surface area contributed by atoms with Gasteiger partial charge in [0, 0.05) is 0 Å². The molecule has 28 heavy (non-hydrogen) atoms. The molecular formula is C23H50N2O3. The SMILES string of the molecule is CCCCCCCCCCCCCCCCC(O)C(=O)O.CN(C)CCCN. The van der Waals surface area contributed by atoms with Gasteiger partial charge in [-0.2, -0.15) is 0 Å². The Hall–Kier alpha value is -0.650. The Labute approximate surface area is 175 Å². The van der Waals surface area contributed by atoms with Crippen LogP contribution in [0.4, 0.5) is 0 Å². The zero-order valence-electron chi connectivity index (χ0n) is 19.1. The van der Waals surface area contributed by atoms with Crippen LogP contribution >= 0.6 is 0 Å². The number of unbranched alkanes of at least 4 members (excludes halogenated alkanes) is 13. The summed E-state index contributed by atoms with van der Waals surface area (Å²) in [6.07, 6.45) is 18.4. The second-order valence-corrected chi connectivity index (χ2v) is 8.18. The number of carboxylic acid groups (broad SMARTS) is 1. The number of aliphatic carboxylic acids is 1. The molecule has 0 heterocycles. The van der Waals surface area contributed by atoms with Crippen molar-refractivity contribution in [2.45, 2.75) is 116 Å². The lowest BCUT2D eigenvalue weighted by atomic mass is 10.0. The van der Waals surface area contributed by atoms with Gasteiger partial charge < -0.3 is 20.8 Å². The maximum Gasteiger partial charge on any atom is 0.332 e. The molecule has 0 rings (SSSR count). The van der Waals surface area contributed by atoms with Crippen molar-refractivity contribution in [1.29, 1.82) is 0 Å². The molecule has 0 aromatic carbocycles. The molecule has 0 amide bonds. The minimum absolute atomic E-state index is 0.396. The third kappa shape index (κ3) is 27.6. The van der Waals surface area contributed by atoms with Gasteiger partial charge >= 0.3 is 5.97 Å². The molecule has 5 nitrogen and oxygen atoms in total. The number of rotatable bonds is 19. The molecule has 0 spiro atoms. The van der Waals surface area contributed by atoms with Crippen LogP contribution in [0.3, 0.4) is 0 Å². The molecule has 0 fully saturated rings. The molecule has 170 valence electrons. The monoisotopic (exact) mass is 402 g/mol. The van der Waals surface area contributed by atoms with Gasteiger partial charge in [0.05, 0.1) is 0 Å². The van der Waals surface area contributed by atoms with E-state index in [0.29, 0.717) is 6.42 Å². The molecule has 0 aliphatic heterocycles. The lowest BCUT2D eigenvalue weighted by Gasteiger charge is -2.05. The second-order valence-electron chi connectivity index (χ2n) is 8.18. The normalized spacial score (nSPS) is 11.9. The predicted octanol–water partition coefficient (Wildman–Crippen LogP) is 5.20. The first kappa shape index (κ1) is 29.6. The van der Waals surface area contributed by atoms with E-state index in [2.05, 4.69) is 25.9 Å². The molecular weight excluding hydrogens is 352 g/mol. The number of aliphatic hydroxyl groups excluding tert-OH is 1. The number of aliphatic hydroxyl groups is 1. The Kier molecular flexibility index (Phi) is 25.7. The van der Waals surface area contributed by atoms with Gasteiger partial charge in [-0.05, 0) is 40.0 Å². The van der Waals surface area contributed by atoms with Crippen molar-refractivity contribution in [3.63, 3.8) is 0 Å². The Morgan fingerprint density at radius 3 is 1.46 bits per heavy atom. The fraction of sp³-hybridized carbons (Fsp3) is 0.957. The van der Waals surface area contributed by atoms with Crippen molar-refractivity contribution in [1.82, 2.24) is 4.90 Å². The zero-order chi connectivity index (χ0) is 21.5. The Morgan fingerprint density at radius 2 is 1.18 bits per heavy atom. The summed E-state index contributed by atoms with van der Waals surface area (Å²) in [7, 11) is 4.10. The minimum atomic E-state index is -1.16. The van der Waals surface area contributed by atoms with Crippen LogP contribution in [-0.2, 0) is 4.79 Å². The highest BCUT2D eigenvalue weighted by Gasteiger charge is 2.11. The summed E-state index contributed by atoms with van der Waals surface area (Å²) in [6, 6.07) is 0. The first-order chi connectivity index (χ1) is 13.5. The lowest BCUT2D eigenvalue weighted by Crippen LogP contribution is -2.18. The summed E-state index contributed by atoms with van der Waals surface area (Å²) in [5.74, 6) is -1.09. The van der Waals surface area contributed by atoms with E-state index in [0.717, 1.165) is 32.4 Å². The molecule has 4 N–H and O–H groups in total. The summed E-state index contributed by atoms with van der Waals surface area (Å²) < 4.78 is 0. The summed E-state index contributed by atoms with van der Waals surface area (Å²) in [4.78, 5) is 12.5. The van der Waals surface area contributed by atoms with E-state index in [1.165, 1.54) is 77.0 Å². The highest BCUT2D eigenvalue weighted by molar-refractivity contribution is 5.71. The molecule has 1 unspecified atom stereocenters. The number of nitrogens with zero attached hydrogens (tertiary/aromatic N) is 1. The van der Waals surface area contributed by atoms with E-state index in [1.807, 2.05) is 0 Å². The van der Waals surface area contributed by atoms with Gasteiger partial charge in [0.25, 0.3) is 0 Å². The number of carbonyl (C=O) groups is 1. The quantitative estimate of drug-likeness (QED) is 0.258. The van der Waals surface area contributed by atoms with Crippen molar-refractivity contribution < 1.29 is 15.0 Å². The number of hydrogen-bond acceptors (Lipinski definition) is 4. The van der Waals surface area contributed by atoms with E-state index in [4.69, 9.17) is 15.9 Å². The number of carboxylic acids is 1. The van der Waals surface area contributed by atoms with Crippen molar-refractivity contribution in [2.24, 2.45) is 5.73 Å². The van der Waals surface area contributed by atoms with Crippen LogP contribution in [0, 0.1) is 0 Å². The van der Waals surface area contributed by atoms with Crippen molar-refractivity contribution in [3.05, 3.63) is 0 Å². The van der Waals surface area contributed by atoms with Gasteiger partial charge in [0.2, 0.25) is 0 Å². The van der Waals surface area contributed by atoms with Crippen LogP contribution in [0.1, 0.15) is 110 Å². The van der Waals surface area contributed by atoms with E-state index in [-0.39, 0.29) is 0 Å². The Balaban J connectivity index is 0. The van der Waals surface area contributed by atoms with Crippen LogP contribution in [0.2, 0.25) is 0 Å². The Bertz CT molecular complexity index is 312. The zero-order valence-corrected chi connectivity index (χ0v) is 19.1. The summed E-state index contributed by atoms with van der Waals surface area (Å²) in [6.45, 7) is 4.17. The van der Waals surface area contributed by atoms with Crippen LogP contribution in [-0.4, -0.2) is 54.4 Å². The molecule has 1 atom stereocenters. The third-order valence-corrected chi connectivity index (χ3v) is 4.93. The van der Waals surface area contributed by atoms with Gasteiger partial charge in [0.1, 0.15) is 0 Å². The fourth-order valence-electron chi connectivity index (χ4n) is 3.06. The average Bonchev–Trinajstić information content (AvgIpc) is 2.66. The topological polar surface area (TPSA) is 86.8 Å². The molecule has 0 aliphatic carbocycles. The largest absolute Gasteiger partial charge is 0.479 e. The smallest absolute Gasteiger partial charge is 0.332 e. The van der Waals surface area contributed by atoms with Crippen molar-refractivity contribution in [2.75, 3.05) is 27.2 Å². The van der Waals surface area contributed by atoms with E-state index in [9.17, 15) is 4.79 Å². The van der Waals surface area contributed by atoms with Crippen LogP contribution < -0.4 is 5.73 Å². The first-order valence-electron chi connectivity index (χ1n) is 11.7. The molecule has 0 aromatic rings. The van der Waals surface area contributed by atoms with Crippen LogP contribution in [0.5, 0.6) is 0 Å². The van der Waals surface area contributed by atoms with Crippen molar-refractivity contribution in [3.8, 4) is 0 Å². The molecule has 0 radical (unpaired) electrons. The van der Waals surface area contributed by atoms with Gasteiger partial charge in [-0.25, -0.2) is 4.79 Å². The highest BCUT2D eigenvalue weighted by Crippen LogP contribution is 2.13. The van der Waals surface area contributed by atoms with Crippen LogP contribution in [0.25, 0.3) is 0 Å². The minimum Gasteiger partial charge on any atom is -0.479 e. The predicted molar refractivity (Wildman–Crippen MR) is 121 cm³/mol. The summed E-state index contributed by atoms with van der Waals surface area (Å²) in [5.41, 5.74) is 5.25. The van der Waals surface area contributed by atoms with E-state index >= 15 is 0 Å². The molecule has 0 aromatic heterocycles. The van der Waals surface area contributed by atoms with Gasteiger partial charge in [-0.3, -0.25) is 0 Å². The van der Waals surface area contributed by atoms with Gasteiger partial charge in [0.15, 0.2) is 6.10 Å². The first-order valence-corrected chi connectivity index (χ1v) is 11.7. The lowest BCUT2D eigenvalue weighted by molar-refractivity contribution is -0.146. The highest BCUT2D eigenvalue weighted by atomic mass is 16.4. The second kappa shape index (κ2) is 24.4. The Morgan fingerprint density at radius 1 is 0.786 bits per heavy atom. The average molecular weight is 403 g/mol. The maximum absolute atomic E-state index is 10.4. The fourth-order valence-corrected chi connectivity index (χ4v) is 3.06. The van der Waals surface area contributed by atoms with Gasteiger partial charge in [-0.1, -0.05) is 96.8 Å². The van der Waals surface area contributed by atoms with Crippen LogP contribution in [0.15, 0.2) is 0 Å². The molecule has 0 bridgehead atoms. The van der Waals surface area contributed by atoms with E-state index in [1.54, 1.807) is 0 Å². The molecule has 0 saturated carbocycles. The third-order valence-electron chi connectivity index (χ3n) is 4.93. The standard InChI is InChI=1S/C18H36O3.C5H14N2/c1-2-3-4-5-6-7-8-9-10-11-12-13-14-15-16-17(19)18(20)21;1-7(2)5-3-4-6/h17,19H,2-16H2,1H3,(H,20,21);3-6H2,1-2H3. The number of hydrogen-bond donors (Lipinski definition) is 3. The van der Waals surface area contributed by atoms with Gasteiger partial charge in [-0.15, -0.1) is 0 Å². The summed E-state index contributed by atoms with van der Waals surface area (Å²) in [5, 5.41) is 17.7. The van der Waals surface area contributed by atoms with E-state index < -0.39 is 12.1 Å². The molecule has 5 heteroatoms. The molecule has 0 saturated heterocycles. The van der Waals surface area contributed by atoms with Crippen molar-refractivity contribution >= 4 is 5.97 Å². The maximum atomic E-state index is 10.4.